The third kappa shape index (κ3) is 3.60. The standard InChI is InChI=1S/C17H18Cl2N2O4/c18-9-4-5-12(19)14(8-9)21-7-6-11(16(21)23)15(22)20-13-3-1-2-10(13)17(24)25/h4-5,8,10-11,13H,1-3,6-7H2,(H,20,22)(H,24,25)/t10-,11?,13+/m1/s1. The third-order valence-corrected chi connectivity index (χ3v) is 5.44. The van der Waals surface area contributed by atoms with Crippen molar-refractivity contribution in [1.82, 2.24) is 5.32 Å². The van der Waals surface area contributed by atoms with E-state index in [-0.39, 0.29) is 5.91 Å². The Morgan fingerprint density at radius 1 is 1.20 bits per heavy atom. The van der Waals surface area contributed by atoms with Gasteiger partial charge in [-0.1, -0.05) is 29.6 Å². The average Bonchev–Trinajstić information content (AvgIpc) is 3.16. The van der Waals surface area contributed by atoms with Crippen molar-refractivity contribution in [3.8, 4) is 0 Å². The van der Waals surface area contributed by atoms with Gasteiger partial charge in [0.2, 0.25) is 11.8 Å². The van der Waals surface area contributed by atoms with Crippen LogP contribution in [0.4, 0.5) is 5.69 Å². The number of carbonyl (C=O) groups is 3. The first-order chi connectivity index (χ1) is 11.9. The molecular weight excluding hydrogens is 367 g/mol. The van der Waals surface area contributed by atoms with E-state index in [1.54, 1.807) is 18.2 Å². The van der Waals surface area contributed by atoms with Crippen LogP contribution in [0.5, 0.6) is 0 Å². The summed E-state index contributed by atoms with van der Waals surface area (Å²) in [5, 5.41) is 12.8. The Bertz CT molecular complexity index is 725. The van der Waals surface area contributed by atoms with E-state index in [1.807, 2.05) is 0 Å². The summed E-state index contributed by atoms with van der Waals surface area (Å²) < 4.78 is 0. The first-order valence-electron chi connectivity index (χ1n) is 8.18. The van der Waals surface area contributed by atoms with Crippen molar-refractivity contribution in [2.45, 2.75) is 31.7 Å². The van der Waals surface area contributed by atoms with Crippen molar-refractivity contribution < 1.29 is 19.5 Å². The SMILES string of the molecule is O=C(N[C@H]1CCC[C@H]1C(=O)O)C1CCN(c2cc(Cl)ccc2Cl)C1=O. The van der Waals surface area contributed by atoms with Gasteiger partial charge >= 0.3 is 5.97 Å². The molecule has 2 amide bonds. The number of nitrogens with one attached hydrogen (secondary N) is 1. The number of carbonyl (C=O) groups excluding carboxylic acids is 2. The molecule has 3 rings (SSSR count). The third-order valence-electron chi connectivity index (χ3n) is 4.88. The summed E-state index contributed by atoms with van der Waals surface area (Å²) in [5.74, 6) is -3.08. The quantitative estimate of drug-likeness (QED) is 0.781. The van der Waals surface area contributed by atoms with E-state index in [0.717, 1.165) is 6.42 Å². The molecule has 1 aliphatic heterocycles. The number of hydrogen-bond acceptors (Lipinski definition) is 3. The second-order valence-corrected chi connectivity index (χ2v) is 7.26. The Balaban J connectivity index is 1.70. The van der Waals surface area contributed by atoms with Crippen molar-refractivity contribution in [3.63, 3.8) is 0 Å². The highest BCUT2D eigenvalue weighted by Crippen LogP contribution is 2.34. The molecule has 2 N–H and O–H groups in total. The van der Waals surface area contributed by atoms with Gasteiger partial charge in [0.25, 0.3) is 0 Å². The minimum atomic E-state index is -0.909. The van der Waals surface area contributed by atoms with Crippen LogP contribution in [0.3, 0.4) is 0 Å². The molecule has 1 saturated heterocycles. The van der Waals surface area contributed by atoms with Crippen molar-refractivity contribution in [3.05, 3.63) is 28.2 Å². The summed E-state index contributed by atoms with van der Waals surface area (Å²) in [6.45, 7) is 0.365. The maximum Gasteiger partial charge on any atom is 0.308 e. The number of carboxylic acid groups (broad SMARTS) is 1. The highest BCUT2D eigenvalue weighted by atomic mass is 35.5. The lowest BCUT2D eigenvalue weighted by Crippen LogP contribution is -2.45. The van der Waals surface area contributed by atoms with Gasteiger partial charge in [0.1, 0.15) is 5.92 Å². The maximum atomic E-state index is 12.6. The topological polar surface area (TPSA) is 86.7 Å². The highest BCUT2D eigenvalue weighted by Gasteiger charge is 2.41. The van der Waals surface area contributed by atoms with Crippen molar-refractivity contribution in [1.29, 1.82) is 0 Å². The van der Waals surface area contributed by atoms with Gasteiger partial charge in [0.05, 0.1) is 16.6 Å². The first-order valence-corrected chi connectivity index (χ1v) is 8.93. The maximum absolute atomic E-state index is 12.6. The lowest BCUT2D eigenvalue weighted by Gasteiger charge is -2.21. The van der Waals surface area contributed by atoms with Gasteiger partial charge < -0.3 is 15.3 Å². The summed E-state index contributed by atoms with van der Waals surface area (Å²) in [5.41, 5.74) is 0.485. The number of benzene rings is 1. The Morgan fingerprint density at radius 2 is 1.96 bits per heavy atom. The van der Waals surface area contributed by atoms with Crippen LogP contribution in [0.15, 0.2) is 18.2 Å². The monoisotopic (exact) mass is 384 g/mol. The molecule has 8 heteroatoms. The minimum absolute atomic E-state index is 0.341. The molecule has 1 heterocycles. The first kappa shape index (κ1) is 18.0. The van der Waals surface area contributed by atoms with Gasteiger partial charge in [-0.2, -0.15) is 0 Å². The summed E-state index contributed by atoms with van der Waals surface area (Å²) in [6, 6.07) is 4.42. The fourth-order valence-electron chi connectivity index (χ4n) is 3.57. The molecule has 0 bridgehead atoms. The highest BCUT2D eigenvalue weighted by molar-refractivity contribution is 6.36. The van der Waals surface area contributed by atoms with E-state index in [0.29, 0.717) is 41.5 Å². The molecule has 2 aliphatic rings. The lowest BCUT2D eigenvalue weighted by molar-refractivity contribution is -0.142. The number of halogens is 2. The number of nitrogens with zero attached hydrogens (tertiary/aromatic N) is 1. The number of carboxylic acids is 1. The Hall–Kier alpha value is -1.79. The second-order valence-electron chi connectivity index (χ2n) is 6.42. The van der Waals surface area contributed by atoms with Crippen LogP contribution in [-0.2, 0) is 14.4 Å². The lowest BCUT2D eigenvalue weighted by atomic mass is 10.0. The molecule has 0 aromatic heterocycles. The summed E-state index contributed by atoms with van der Waals surface area (Å²) in [4.78, 5) is 37.8. The normalized spacial score (nSPS) is 26.1. The molecule has 134 valence electrons. The van der Waals surface area contributed by atoms with E-state index in [1.165, 1.54) is 4.90 Å². The number of rotatable bonds is 4. The number of aliphatic carboxylic acids is 1. The summed E-state index contributed by atoms with van der Waals surface area (Å²) in [7, 11) is 0. The van der Waals surface area contributed by atoms with Crippen LogP contribution in [0.2, 0.25) is 10.0 Å². The molecule has 2 fully saturated rings. The molecular formula is C17H18Cl2N2O4. The Morgan fingerprint density at radius 3 is 2.68 bits per heavy atom. The van der Waals surface area contributed by atoms with E-state index in [9.17, 15) is 19.5 Å². The molecule has 6 nitrogen and oxygen atoms in total. The average molecular weight is 385 g/mol. The minimum Gasteiger partial charge on any atom is -0.481 e. The Labute approximate surface area is 155 Å². The molecule has 0 spiro atoms. The molecule has 1 aromatic carbocycles. The molecule has 25 heavy (non-hydrogen) atoms. The van der Waals surface area contributed by atoms with Crippen LogP contribution in [0, 0.1) is 11.8 Å². The van der Waals surface area contributed by atoms with E-state index in [4.69, 9.17) is 23.2 Å². The zero-order valence-electron chi connectivity index (χ0n) is 13.4. The molecule has 1 saturated carbocycles. The number of hydrogen-bond donors (Lipinski definition) is 2. The fraction of sp³-hybridized carbons (Fsp3) is 0.471. The van der Waals surface area contributed by atoms with Crippen molar-refractivity contribution >= 4 is 46.7 Å². The van der Waals surface area contributed by atoms with Gasteiger partial charge in [-0.25, -0.2) is 0 Å². The number of amides is 2. The largest absolute Gasteiger partial charge is 0.481 e. The fourth-order valence-corrected chi connectivity index (χ4v) is 3.95. The molecule has 3 atom stereocenters. The van der Waals surface area contributed by atoms with Gasteiger partial charge in [-0.15, -0.1) is 0 Å². The van der Waals surface area contributed by atoms with E-state index >= 15 is 0 Å². The molecule has 1 unspecified atom stereocenters. The predicted molar refractivity (Wildman–Crippen MR) is 93.8 cm³/mol. The van der Waals surface area contributed by atoms with Crippen LogP contribution >= 0.6 is 23.2 Å². The van der Waals surface area contributed by atoms with Gasteiger partial charge in [-0.05, 0) is 37.5 Å². The van der Waals surface area contributed by atoms with E-state index < -0.39 is 29.8 Å². The molecule has 0 radical (unpaired) electrons. The van der Waals surface area contributed by atoms with Crippen LogP contribution in [0.1, 0.15) is 25.7 Å². The number of anilines is 1. The Kier molecular flexibility index (Phi) is 5.20. The van der Waals surface area contributed by atoms with Gasteiger partial charge in [0.15, 0.2) is 0 Å². The molecule has 1 aromatic rings. The zero-order chi connectivity index (χ0) is 18.1. The summed E-state index contributed by atoms with van der Waals surface area (Å²) >= 11 is 12.1. The van der Waals surface area contributed by atoms with Crippen molar-refractivity contribution in [2.75, 3.05) is 11.4 Å². The van der Waals surface area contributed by atoms with Crippen LogP contribution in [-0.4, -0.2) is 35.5 Å². The van der Waals surface area contributed by atoms with Gasteiger partial charge in [0, 0.05) is 17.6 Å². The van der Waals surface area contributed by atoms with Crippen LogP contribution in [0.25, 0.3) is 0 Å². The zero-order valence-corrected chi connectivity index (χ0v) is 14.9. The predicted octanol–water partition coefficient (Wildman–Crippen LogP) is 2.72. The van der Waals surface area contributed by atoms with Gasteiger partial charge in [-0.3, -0.25) is 14.4 Å². The molecule has 1 aliphatic carbocycles. The summed E-state index contributed by atoms with van der Waals surface area (Å²) in [6.07, 6.45) is 2.28. The second kappa shape index (κ2) is 7.22. The van der Waals surface area contributed by atoms with Crippen LogP contribution < -0.4 is 10.2 Å². The smallest absolute Gasteiger partial charge is 0.308 e. The van der Waals surface area contributed by atoms with E-state index in [2.05, 4.69) is 5.32 Å². The van der Waals surface area contributed by atoms with Crippen molar-refractivity contribution in [2.24, 2.45) is 11.8 Å².